The number of amides is 1. The maximum absolute atomic E-state index is 12.1. The molecule has 5 nitrogen and oxygen atoms in total. The van der Waals surface area contributed by atoms with Crippen LogP contribution in [0, 0.1) is 11.3 Å². The van der Waals surface area contributed by atoms with Gasteiger partial charge in [-0.25, -0.2) is 0 Å². The number of nitrogens with two attached hydrogens (primary N) is 2. The molecule has 0 saturated heterocycles. The molecule has 1 heterocycles. The Morgan fingerprint density at radius 1 is 1.53 bits per heavy atom. The molecule has 4 N–H and O–H groups in total. The van der Waals surface area contributed by atoms with Gasteiger partial charge in [0.15, 0.2) is 0 Å². The van der Waals surface area contributed by atoms with Crippen molar-refractivity contribution in [1.82, 2.24) is 0 Å². The molecule has 0 spiro atoms. The van der Waals surface area contributed by atoms with Gasteiger partial charge in [0.05, 0.1) is 12.1 Å². The Balaban J connectivity index is 3.04. The van der Waals surface area contributed by atoms with Gasteiger partial charge in [-0.3, -0.25) is 4.79 Å². The van der Waals surface area contributed by atoms with E-state index in [-0.39, 0.29) is 27.7 Å². The molecule has 104 valence electrons. The monoisotopic (exact) mass is 292 g/mol. The number of rotatable bonds is 4. The number of hydrogen-bond acceptors (Lipinski definition) is 5. The smallest absolute Gasteiger partial charge is 0.390 e. The van der Waals surface area contributed by atoms with Crippen molar-refractivity contribution in [2.45, 2.75) is 12.6 Å². The van der Waals surface area contributed by atoms with Gasteiger partial charge >= 0.3 is 6.18 Å². The second kappa shape index (κ2) is 5.36. The fourth-order valence-corrected chi connectivity index (χ4v) is 2.40. The first-order valence-electron chi connectivity index (χ1n) is 5.07. The fourth-order valence-electron chi connectivity index (χ4n) is 1.39. The van der Waals surface area contributed by atoms with Crippen molar-refractivity contribution in [1.29, 1.82) is 5.26 Å². The molecule has 0 aliphatic carbocycles. The van der Waals surface area contributed by atoms with Crippen LogP contribution in [0.15, 0.2) is 0 Å². The first-order chi connectivity index (χ1) is 8.67. The number of alkyl halides is 3. The van der Waals surface area contributed by atoms with Gasteiger partial charge in [-0.1, -0.05) is 0 Å². The molecular weight excluding hydrogens is 281 g/mol. The van der Waals surface area contributed by atoms with E-state index in [1.807, 2.05) is 0 Å². The van der Waals surface area contributed by atoms with Gasteiger partial charge in [0.2, 0.25) is 0 Å². The van der Waals surface area contributed by atoms with E-state index >= 15 is 0 Å². The molecule has 0 saturated carbocycles. The highest BCUT2D eigenvalue weighted by molar-refractivity contribution is 7.19. The number of halogens is 3. The molecular formula is C10H11F3N4OS. The van der Waals surface area contributed by atoms with Crippen LogP contribution in [0.1, 0.15) is 21.7 Å². The summed E-state index contributed by atoms with van der Waals surface area (Å²) >= 11 is 0.814. The molecule has 0 fully saturated rings. The number of primary amides is 1. The number of thiophene rings is 1. The topological polar surface area (TPSA) is 96.1 Å². The van der Waals surface area contributed by atoms with Crippen LogP contribution in [0.25, 0.3) is 0 Å². The number of nitrogens with zero attached hydrogens (tertiary/aromatic N) is 2. The Hall–Kier alpha value is -1.95. The summed E-state index contributed by atoms with van der Waals surface area (Å²) in [5.41, 5.74) is 10.5. The SMILES string of the molecule is CN(CCC(F)(F)F)c1sc(C(N)=O)c(N)c1C#N. The lowest BCUT2D eigenvalue weighted by molar-refractivity contribution is -0.132. The minimum atomic E-state index is -4.30. The summed E-state index contributed by atoms with van der Waals surface area (Å²) in [6, 6.07) is 1.77. The van der Waals surface area contributed by atoms with Gasteiger partial charge in [-0.2, -0.15) is 18.4 Å². The Kier molecular flexibility index (Phi) is 4.26. The number of carbonyl (C=O) groups excluding carboxylic acids is 1. The Morgan fingerprint density at radius 3 is 2.53 bits per heavy atom. The summed E-state index contributed by atoms with van der Waals surface area (Å²) in [6.07, 6.45) is -5.32. The zero-order valence-electron chi connectivity index (χ0n) is 9.91. The third-order valence-electron chi connectivity index (χ3n) is 2.34. The quantitative estimate of drug-likeness (QED) is 0.882. The zero-order valence-corrected chi connectivity index (χ0v) is 10.7. The minimum absolute atomic E-state index is 0.0228. The fraction of sp³-hybridized carbons (Fsp3) is 0.400. The lowest BCUT2D eigenvalue weighted by atomic mass is 10.2. The van der Waals surface area contributed by atoms with E-state index in [0.717, 1.165) is 11.3 Å². The number of nitrogen functional groups attached to an aromatic ring is 1. The maximum Gasteiger partial charge on any atom is 0.390 e. The molecule has 19 heavy (non-hydrogen) atoms. The van der Waals surface area contributed by atoms with Gasteiger partial charge in [-0.05, 0) is 0 Å². The summed E-state index contributed by atoms with van der Waals surface area (Å²) in [5.74, 6) is -0.811. The van der Waals surface area contributed by atoms with E-state index in [1.54, 1.807) is 6.07 Å². The summed E-state index contributed by atoms with van der Waals surface area (Å²) < 4.78 is 36.4. The number of anilines is 2. The average molecular weight is 292 g/mol. The first kappa shape index (κ1) is 15.1. The normalized spacial score (nSPS) is 11.1. The van der Waals surface area contributed by atoms with Crippen LogP contribution >= 0.6 is 11.3 Å². The second-order valence-corrected chi connectivity index (χ2v) is 4.79. The molecule has 0 aliphatic rings. The van der Waals surface area contributed by atoms with Crippen molar-refractivity contribution in [3.63, 3.8) is 0 Å². The molecule has 1 amide bonds. The van der Waals surface area contributed by atoms with Gasteiger partial charge < -0.3 is 16.4 Å². The Morgan fingerprint density at radius 2 is 2.11 bits per heavy atom. The Labute approximate surface area is 111 Å². The van der Waals surface area contributed by atoms with Gasteiger partial charge in [-0.15, -0.1) is 11.3 Å². The third kappa shape index (κ3) is 3.51. The van der Waals surface area contributed by atoms with Crippen LogP contribution in [-0.4, -0.2) is 25.7 Å². The van der Waals surface area contributed by atoms with Crippen molar-refractivity contribution < 1.29 is 18.0 Å². The molecule has 0 aliphatic heterocycles. The summed E-state index contributed by atoms with van der Waals surface area (Å²) in [7, 11) is 1.39. The molecule has 1 aromatic heterocycles. The van der Waals surface area contributed by atoms with E-state index in [4.69, 9.17) is 16.7 Å². The molecule has 0 unspecified atom stereocenters. The van der Waals surface area contributed by atoms with Crippen LogP contribution in [0.5, 0.6) is 0 Å². The Bertz CT molecular complexity index is 532. The van der Waals surface area contributed by atoms with Crippen LogP contribution in [-0.2, 0) is 0 Å². The minimum Gasteiger partial charge on any atom is -0.396 e. The first-order valence-corrected chi connectivity index (χ1v) is 5.89. The van der Waals surface area contributed by atoms with Gasteiger partial charge in [0.1, 0.15) is 21.5 Å². The van der Waals surface area contributed by atoms with Crippen LogP contribution in [0.3, 0.4) is 0 Å². The van der Waals surface area contributed by atoms with E-state index in [1.165, 1.54) is 11.9 Å². The van der Waals surface area contributed by atoms with E-state index < -0.39 is 18.5 Å². The summed E-state index contributed by atoms with van der Waals surface area (Å²) in [4.78, 5) is 12.3. The lowest BCUT2D eigenvalue weighted by Crippen LogP contribution is -2.23. The van der Waals surface area contributed by atoms with Gasteiger partial charge in [0.25, 0.3) is 5.91 Å². The van der Waals surface area contributed by atoms with Crippen molar-refractivity contribution in [2.24, 2.45) is 5.73 Å². The predicted octanol–water partition coefficient (Wildman–Crippen LogP) is 1.69. The summed E-state index contributed by atoms with van der Waals surface area (Å²) in [5, 5.41) is 9.15. The van der Waals surface area contributed by atoms with Crippen molar-refractivity contribution >= 4 is 27.9 Å². The highest BCUT2D eigenvalue weighted by Crippen LogP contribution is 2.37. The maximum atomic E-state index is 12.1. The van der Waals surface area contributed by atoms with Crippen molar-refractivity contribution in [2.75, 3.05) is 24.2 Å². The van der Waals surface area contributed by atoms with E-state index in [2.05, 4.69) is 0 Å². The van der Waals surface area contributed by atoms with E-state index in [0.29, 0.717) is 0 Å². The summed E-state index contributed by atoms with van der Waals surface area (Å²) in [6.45, 7) is -0.337. The van der Waals surface area contributed by atoms with Crippen LogP contribution < -0.4 is 16.4 Å². The molecule has 0 radical (unpaired) electrons. The predicted molar refractivity (Wildman–Crippen MR) is 65.9 cm³/mol. The lowest BCUT2D eigenvalue weighted by Gasteiger charge is -2.18. The number of nitriles is 1. The molecule has 1 rings (SSSR count). The zero-order chi connectivity index (χ0) is 14.8. The molecule has 0 aromatic carbocycles. The molecule has 0 bridgehead atoms. The molecule has 1 aromatic rings. The van der Waals surface area contributed by atoms with Crippen LogP contribution in [0.2, 0.25) is 0 Å². The third-order valence-corrected chi connectivity index (χ3v) is 3.67. The molecule has 0 atom stereocenters. The largest absolute Gasteiger partial charge is 0.396 e. The van der Waals surface area contributed by atoms with E-state index in [9.17, 15) is 18.0 Å². The second-order valence-electron chi connectivity index (χ2n) is 3.79. The highest BCUT2D eigenvalue weighted by Gasteiger charge is 2.29. The standard InChI is InChI=1S/C10H11F3N4OS/c1-17(3-2-10(11,12)13)9-5(4-14)6(15)7(19-9)8(16)18/h2-3,15H2,1H3,(H2,16,18). The van der Waals surface area contributed by atoms with Gasteiger partial charge in [0, 0.05) is 13.6 Å². The van der Waals surface area contributed by atoms with Crippen molar-refractivity contribution in [3.8, 4) is 6.07 Å². The average Bonchev–Trinajstić information content (AvgIpc) is 2.62. The van der Waals surface area contributed by atoms with Crippen LogP contribution in [0.4, 0.5) is 23.9 Å². The number of carbonyl (C=O) groups is 1. The number of hydrogen-bond donors (Lipinski definition) is 2. The van der Waals surface area contributed by atoms with Crippen molar-refractivity contribution in [3.05, 3.63) is 10.4 Å². The highest BCUT2D eigenvalue weighted by atomic mass is 32.1. The molecule has 9 heteroatoms.